The van der Waals surface area contributed by atoms with Crippen molar-refractivity contribution in [1.82, 2.24) is 10.6 Å². The first-order chi connectivity index (χ1) is 13.1. The Bertz CT molecular complexity index is 895. The van der Waals surface area contributed by atoms with E-state index in [4.69, 9.17) is 17.0 Å². The van der Waals surface area contributed by atoms with Gasteiger partial charge in [-0.2, -0.15) is 0 Å². The van der Waals surface area contributed by atoms with Gasteiger partial charge in [0.2, 0.25) is 0 Å². The summed E-state index contributed by atoms with van der Waals surface area (Å²) < 4.78 is 4.69. The fraction of sp³-hybridized carbons (Fsp3) is 0.150. The lowest BCUT2D eigenvalue weighted by Crippen LogP contribution is -2.29. The van der Waals surface area contributed by atoms with Gasteiger partial charge in [-0.3, -0.25) is 0 Å². The second-order valence-electron chi connectivity index (χ2n) is 5.92. The molecule has 0 saturated heterocycles. The van der Waals surface area contributed by atoms with Crippen LogP contribution >= 0.6 is 11.6 Å². The van der Waals surface area contributed by atoms with Gasteiger partial charge < -0.3 is 20.8 Å². The number of methoxy groups -OCH3 is 1. The number of hydrogen-bond acceptors (Lipinski definition) is 6. The highest BCUT2D eigenvalue weighted by Crippen LogP contribution is 2.22. The molecule has 2 aliphatic heterocycles. The zero-order chi connectivity index (χ0) is 19.2. The second kappa shape index (κ2) is 8.51. The summed E-state index contributed by atoms with van der Waals surface area (Å²) >= 11 is 5.96. The van der Waals surface area contributed by atoms with Crippen LogP contribution in [-0.2, 0) is 11.3 Å². The van der Waals surface area contributed by atoms with Crippen LogP contribution in [0, 0.1) is 5.41 Å². The number of fused-ring (bicyclic) bond motifs is 1. The van der Waals surface area contributed by atoms with E-state index in [1.165, 1.54) is 13.3 Å². The Hall–Kier alpha value is -3.12. The van der Waals surface area contributed by atoms with E-state index in [0.29, 0.717) is 22.9 Å². The number of esters is 1. The Labute approximate surface area is 162 Å². The lowest BCUT2D eigenvalue weighted by molar-refractivity contribution is 0.0600. The molecule has 2 aliphatic rings. The van der Waals surface area contributed by atoms with Gasteiger partial charge in [-0.1, -0.05) is 29.8 Å². The molecule has 0 radical (unpaired) electrons. The average molecular weight is 383 g/mol. The molecule has 3 rings (SSSR count). The van der Waals surface area contributed by atoms with Crippen LogP contribution < -0.4 is 10.6 Å². The van der Waals surface area contributed by atoms with E-state index in [0.717, 1.165) is 16.8 Å². The van der Waals surface area contributed by atoms with Crippen molar-refractivity contribution in [2.24, 2.45) is 4.99 Å². The van der Waals surface area contributed by atoms with Gasteiger partial charge in [0.05, 0.1) is 24.4 Å². The molecule has 6 nitrogen and oxygen atoms in total. The van der Waals surface area contributed by atoms with E-state index in [1.807, 2.05) is 30.5 Å². The van der Waals surface area contributed by atoms with E-state index in [-0.39, 0.29) is 12.0 Å². The number of rotatable bonds is 6. The molecule has 3 N–H and O–H groups in total. The predicted molar refractivity (Wildman–Crippen MR) is 107 cm³/mol. The SMILES string of the molecule is COC(=O)c1ccc(CN/C=C(\C=N)C2=CNC3C=CC(Cl)=NC3=C2)cc1. The quantitative estimate of drug-likeness (QED) is 0.521. The highest BCUT2D eigenvalue weighted by molar-refractivity contribution is 6.68. The van der Waals surface area contributed by atoms with Crippen LogP contribution in [0.15, 0.2) is 76.7 Å². The Balaban J connectivity index is 1.65. The van der Waals surface area contributed by atoms with Gasteiger partial charge in [0.1, 0.15) is 5.17 Å². The minimum atomic E-state index is -0.358. The maximum absolute atomic E-state index is 11.5. The number of halogens is 1. The smallest absolute Gasteiger partial charge is 0.337 e. The van der Waals surface area contributed by atoms with Gasteiger partial charge in [-0.25, -0.2) is 9.79 Å². The summed E-state index contributed by atoms with van der Waals surface area (Å²) in [5.41, 5.74) is 3.88. The van der Waals surface area contributed by atoms with Crippen molar-refractivity contribution >= 4 is 29.0 Å². The van der Waals surface area contributed by atoms with E-state index in [2.05, 4.69) is 20.4 Å². The fourth-order valence-corrected chi connectivity index (χ4v) is 2.85. The number of carbonyl (C=O) groups excluding carboxylic acids is 1. The van der Waals surface area contributed by atoms with Crippen molar-refractivity contribution in [2.75, 3.05) is 7.11 Å². The molecule has 0 fully saturated rings. The van der Waals surface area contributed by atoms with Gasteiger partial charge in [0.25, 0.3) is 0 Å². The lowest BCUT2D eigenvalue weighted by Gasteiger charge is -2.23. The van der Waals surface area contributed by atoms with Gasteiger partial charge in [-0.15, -0.1) is 0 Å². The normalized spacial score (nSPS) is 18.4. The van der Waals surface area contributed by atoms with Crippen LogP contribution in [0.1, 0.15) is 15.9 Å². The third kappa shape index (κ3) is 4.54. The molecule has 0 spiro atoms. The molecule has 2 heterocycles. The number of aliphatic imine (C=N–C) groups is 1. The molecule has 1 unspecified atom stereocenters. The van der Waals surface area contributed by atoms with Gasteiger partial charge in [0.15, 0.2) is 0 Å². The van der Waals surface area contributed by atoms with Crippen LogP contribution in [0.25, 0.3) is 0 Å². The topological polar surface area (TPSA) is 86.6 Å². The van der Waals surface area contributed by atoms with E-state index in [9.17, 15) is 4.79 Å². The van der Waals surface area contributed by atoms with E-state index in [1.54, 1.807) is 24.4 Å². The summed E-state index contributed by atoms with van der Waals surface area (Å²) in [6.07, 6.45) is 10.5. The summed E-state index contributed by atoms with van der Waals surface area (Å²) in [6.45, 7) is 0.561. The monoisotopic (exact) mass is 382 g/mol. The van der Waals surface area contributed by atoms with Crippen molar-refractivity contribution in [3.05, 3.63) is 82.9 Å². The van der Waals surface area contributed by atoms with Gasteiger partial charge in [0, 0.05) is 36.3 Å². The van der Waals surface area contributed by atoms with Crippen LogP contribution in [-0.4, -0.2) is 30.5 Å². The highest BCUT2D eigenvalue weighted by Gasteiger charge is 2.18. The number of benzene rings is 1. The first-order valence-corrected chi connectivity index (χ1v) is 8.70. The molecule has 1 aromatic rings. The molecule has 0 amide bonds. The zero-order valence-corrected chi connectivity index (χ0v) is 15.5. The second-order valence-corrected chi connectivity index (χ2v) is 6.31. The largest absolute Gasteiger partial charge is 0.465 e. The third-order valence-corrected chi connectivity index (χ3v) is 4.34. The molecule has 7 heteroatoms. The lowest BCUT2D eigenvalue weighted by atomic mass is 10.0. The van der Waals surface area contributed by atoms with Crippen molar-refractivity contribution < 1.29 is 9.53 Å². The van der Waals surface area contributed by atoms with Crippen molar-refractivity contribution in [3.8, 4) is 0 Å². The molecule has 0 aliphatic carbocycles. The fourth-order valence-electron chi connectivity index (χ4n) is 2.68. The summed E-state index contributed by atoms with van der Waals surface area (Å²) in [4.78, 5) is 15.8. The summed E-state index contributed by atoms with van der Waals surface area (Å²) in [6, 6.07) is 7.16. The van der Waals surface area contributed by atoms with Gasteiger partial charge in [-0.05, 0) is 29.8 Å². The maximum Gasteiger partial charge on any atom is 0.337 e. The van der Waals surface area contributed by atoms with Crippen LogP contribution in [0.4, 0.5) is 0 Å². The summed E-state index contributed by atoms with van der Waals surface area (Å²) in [5, 5.41) is 14.6. The van der Waals surface area contributed by atoms with Gasteiger partial charge >= 0.3 is 5.97 Å². The molecular formula is C20H19ClN4O2. The first kappa shape index (κ1) is 18.7. The van der Waals surface area contributed by atoms with Crippen molar-refractivity contribution in [2.45, 2.75) is 12.6 Å². The minimum absolute atomic E-state index is 0.00418. The number of hydrogen-bond donors (Lipinski definition) is 3. The maximum atomic E-state index is 11.5. The van der Waals surface area contributed by atoms with Crippen LogP contribution in [0.3, 0.4) is 0 Å². The Morgan fingerprint density at radius 2 is 2.19 bits per heavy atom. The Morgan fingerprint density at radius 1 is 1.41 bits per heavy atom. The molecule has 1 aromatic carbocycles. The number of carbonyl (C=O) groups is 1. The molecule has 1 atom stereocenters. The zero-order valence-electron chi connectivity index (χ0n) is 14.7. The standard InChI is InChI=1S/C20H19ClN4O2/c1-27-20(26)14-4-2-13(3-5-14)10-23-11-16(9-22)15-8-18-17(24-12-15)6-7-19(21)25-18/h2-9,11-12,17,22-24H,10H2,1H3/b16-11+,22-9?. The predicted octanol–water partition coefficient (Wildman–Crippen LogP) is 3.04. The van der Waals surface area contributed by atoms with Crippen LogP contribution in [0.5, 0.6) is 0 Å². The minimum Gasteiger partial charge on any atom is -0.465 e. The Morgan fingerprint density at radius 3 is 2.89 bits per heavy atom. The molecular weight excluding hydrogens is 364 g/mol. The van der Waals surface area contributed by atoms with Crippen molar-refractivity contribution in [3.63, 3.8) is 0 Å². The molecule has 27 heavy (non-hydrogen) atoms. The first-order valence-electron chi connectivity index (χ1n) is 8.32. The summed E-state index contributed by atoms with van der Waals surface area (Å²) in [7, 11) is 1.36. The Kier molecular flexibility index (Phi) is 5.88. The number of ether oxygens (including phenoxy) is 1. The molecule has 0 aromatic heterocycles. The number of allylic oxidation sites excluding steroid dienone is 4. The summed E-state index contributed by atoms with van der Waals surface area (Å²) in [5.74, 6) is -0.358. The number of nitrogens with one attached hydrogen (secondary N) is 3. The molecule has 0 bridgehead atoms. The molecule has 138 valence electrons. The number of nitrogens with zero attached hydrogens (tertiary/aromatic N) is 1. The van der Waals surface area contributed by atoms with E-state index >= 15 is 0 Å². The average Bonchev–Trinajstić information content (AvgIpc) is 2.70. The number of dihydropyridines is 2. The van der Waals surface area contributed by atoms with E-state index < -0.39 is 0 Å². The van der Waals surface area contributed by atoms with Crippen LogP contribution in [0.2, 0.25) is 0 Å². The third-order valence-electron chi connectivity index (χ3n) is 4.13. The van der Waals surface area contributed by atoms with Crippen molar-refractivity contribution in [1.29, 1.82) is 5.41 Å². The highest BCUT2D eigenvalue weighted by atomic mass is 35.5. The molecule has 0 saturated carbocycles.